The molecule has 0 N–H and O–H groups in total. The third-order valence-corrected chi connectivity index (χ3v) is 3.18. The van der Waals surface area contributed by atoms with Crippen LogP contribution in [0.3, 0.4) is 0 Å². The van der Waals surface area contributed by atoms with E-state index >= 15 is 0 Å². The van der Waals surface area contributed by atoms with Gasteiger partial charge in [0.15, 0.2) is 0 Å². The molecule has 1 saturated carbocycles. The molecule has 72 valence electrons. The van der Waals surface area contributed by atoms with E-state index in [4.69, 9.17) is 0 Å². The van der Waals surface area contributed by atoms with Gasteiger partial charge in [0.25, 0.3) is 0 Å². The smallest absolute Gasteiger partial charge is 0.0106 e. The summed E-state index contributed by atoms with van der Waals surface area (Å²) < 4.78 is 2.17. The fourth-order valence-corrected chi connectivity index (χ4v) is 2.38. The molecule has 1 heterocycles. The summed E-state index contributed by atoms with van der Waals surface area (Å²) in [6.45, 7) is 0. The highest BCUT2D eigenvalue weighted by molar-refractivity contribution is 5.15. The van der Waals surface area contributed by atoms with Crippen molar-refractivity contribution in [2.75, 3.05) is 0 Å². The van der Waals surface area contributed by atoms with Gasteiger partial charge in [-0.1, -0.05) is 25.7 Å². The lowest BCUT2D eigenvalue weighted by Crippen LogP contribution is -1.95. The van der Waals surface area contributed by atoms with Gasteiger partial charge in [0.1, 0.15) is 0 Å². The van der Waals surface area contributed by atoms with Crippen molar-refractivity contribution in [3.63, 3.8) is 0 Å². The second-order valence-electron chi connectivity index (χ2n) is 4.30. The van der Waals surface area contributed by atoms with Crippen LogP contribution in [-0.2, 0) is 7.05 Å². The molecule has 0 aliphatic heterocycles. The van der Waals surface area contributed by atoms with Gasteiger partial charge in [0, 0.05) is 19.4 Å². The van der Waals surface area contributed by atoms with Crippen LogP contribution in [0.2, 0.25) is 0 Å². The third-order valence-electron chi connectivity index (χ3n) is 3.18. The molecule has 0 unspecified atom stereocenters. The van der Waals surface area contributed by atoms with Crippen LogP contribution in [0.15, 0.2) is 18.5 Å². The number of hydrogen-bond acceptors (Lipinski definition) is 0. The second kappa shape index (κ2) is 3.99. The van der Waals surface area contributed by atoms with E-state index < -0.39 is 0 Å². The summed E-state index contributed by atoms with van der Waals surface area (Å²) in [5, 5.41) is 0. The van der Waals surface area contributed by atoms with Gasteiger partial charge in [-0.2, -0.15) is 0 Å². The Bertz CT molecular complexity index is 254. The van der Waals surface area contributed by atoms with Crippen molar-refractivity contribution in [2.24, 2.45) is 7.05 Å². The molecular weight excluding hydrogens is 158 g/mol. The summed E-state index contributed by atoms with van der Waals surface area (Å²) in [5.41, 5.74) is 1.56. The molecule has 0 atom stereocenters. The van der Waals surface area contributed by atoms with E-state index in [-0.39, 0.29) is 0 Å². The second-order valence-corrected chi connectivity index (χ2v) is 4.30. The van der Waals surface area contributed by atoms with Gasteiger partial charge in [-0.05, 0) is 30.4 Å². The van der Waals surface area contributed by atoms with Crippen LogP contribution in [0.1, 0.15) is 50.0 Å². The monoisotopic (exact) mass is 177 g/mol. The van der Waals surface area contributed by atoms with Crippen LogP contribution in [0.4, 0.5) is 0 Å². The topological polar surface area (TPSA) is 4.93 Å². The van der Waals surface area contributed by atoms with Gasteiger partial charge >= 0.3 is 0 Å². The molecule has 0 saturated heterocycles. The summed E-state index contributed by atoms with van der Waals surface area (Å²) in [6, 6.07) is 2.29. The first kappa shape index (κ1) is 8.86. The fourth-order valence-electron chi connectivity index (χ4n) is 2.38. The Balaban J connectivity index is 2.06. The predicted molar refractivity (Wildman–Crippen MR) is 55.9 cm³/mol. The number of aryl methyl sites for hydroxylation is 1. The van der Waals surface area contributed by atoms with E-state index in [9.17, 15) is 0 Å². The molecule has 0 amide bonds. The Morgan fingerprint density at radius 1 is 1.15 bits per heavy atom. The van der Waals surface area contributed by atoms with Gasteiger partial charge in [0.2, 0.25) is 0 Å². The maximum atomic E-state index is 2.29. The normalized spacial score (nSPS) is 20.1. The van der Waals surface area contributed by atoms with Crippen molar-refractivity contribution < 1.29 is 0 Å². The average Bonchev–Trinajstić information content (AvgIpc) is 2.43. The number of nitrogens with zero attached hydrogens (tertiary/aromatic N) is 1. The van der Waals surface area contributed by atoms with Gasteiger partial charge in [-0.15, -0.1) is 0 Å². The molecule has 13 heavy (non-hydrogen) atoms. The summed E-state index contributed by atoms with van der Waals surface area (Å²) in [6.07, 6.45) is 13.0. The Kier molecular flexibility index (Phi) is 2.72. The molecule has 1 nitrogen and oxygen atoms in total. The van der Waals surface area contributed by atoms with Crippen molar-refractivity contribution in [3.8, 4) is 0 Å². The van der Waals surface area contributed by atoms with Crippen molar-refractivity contribution in [1.82, 2.24) is 4.57 Å². The zero-order valence-electron chi connectivity index (χ0n) is 8.50. The molecule has 2 rings (SSSR count). The highest BCUT2D eigenvalue weighted by Crippen LogP contribution is 2.31. The number of aromatic nitrogens is 1. The van der Waals surface area contributed by atoms with Crippen LogP contribution in [-0.4, -0.2) is 4.57 Å². The first-order valence-corrected chi connectivity index (χ1v) is 5.48. The van der Waals surface area contributed by atoms with E-state index in [1.807, 2.05) is 0 Å². The Morgan fingerprint density at radius 3 is 2.38 bits per heavy atom. The summed E-state index contributed by atoms with van der Waals surface area (Å²) in [5.74, 6) is 0.851. The van der Waals surface area contributed by atoms with Crippen molar-refractivity contribution in [2.45, 2.75) is 44.4 Å². The maximum absolute atomic E-state index is 2.29. The minimum Gasteiger partial charge on any atom is -0.357 e. The molecule has 0 bridgehead atoms. The van der Waals surface area contributed by atoms with Gasteiger partial charge in [-0.3, -0.25) is 0 Å². The van der Waals surface area contributed by atoms with Crippen molar-refractivity contribution >= 4 is 0 Å². The molecule has 0 radical (unpaired) electrons. The Morgan fingerprint density at radius 2 is 1.85 bits per heavy atom. The SMILES string of the molecule is Cn1ccc(C2CCCCCC2)c1. The maximum Gasteiger partial charge on any atom is 0.0106 e. The first-order chi connectivity index (χ1) is 6.36. The molecular formula is C12H19N. The molecule has 1 heteroatoms. The highest BCUT2D eigenvalue weighted by Gasteiger charge is 2.14. The predicted octanol–water partition coefficient (Wildman–Crippen LogP) is 3.46. The summed E-state index contributed by atoms with van der Waals surface area (Å²) in [7, 11) is 2.11. The van der Waals surface area contributed by atoms with Crippen LogP contribution < -0.4 is 0 Å². The summed E-state index contributed by atoms with van der Waals surface area (Å²) >= 11 is 0. The van der Waals surface area contributed by atoms with Crippen LogP contribution in [0, 0.1) is 0 Å². The largest absolute Gasteiger partial charge is 0.357 e. The van der Waals surface area contributed by atoms with E-state index in [1.54, 1.807) is 5.56 Å². The van der Waals surface area contributed by atoms with Crippen LogP contribution in [0.5, 0.6) is 0 Å². The van der Waals surface area contributed by atoms with Gasteiger partial charge < -0.3 is 4.57 Å². The highest BCUT2D eigenvalue weighted by atomic mass is 14.9. The molecule has 1 aromatic heterocycles. The van der Waals surface area contributed by atoms with Crippen molar-refractivity contribution in [3.05, 3.63) is 24.0 Å². The zero-order valence-corrected chi connectivity index (χ0v) is 8.50. The zero-order chi connectivity index (χ0) is 9.10. The van der Waals surface area contributed by atoms with Crippen LogP contribution in [0.25, 0.3) is 0 Å². The minimum absolute atomic E-state index is 0.851. The van der Waals surface area contributed by atoms with E-state index in [0.717, 1.165) is 5.92 Å². The molecule has 0 spiro atoms. The molecule has 1 aliphatic rings. The molecule has 1 fully saturated rings. The van der Waals surface area contributed by atoms with Crippen LogP contribution >= 0.6 is 0 Å². The number of rotatable bonds is 1. The van der Waals surface area contributed by atoms with E-state index in [1.165, 1.54) is 38.5 Å². The molecule has 1 aromatic rings. The standard InChI is InChI=1S/C12H19N/c1-13-9-8-12(10-13)11-6-4-2-3-5-7-11/h8-11H,2-7H2,1H3. The van der Waals surface area contributed by atoms with Gasteiger partial charge in [0.05, 0.1) is 0 Å². The van der Waals surface area contributed by atoms with E-state index in [0.29, 0.717) is 0 Å². The summed E-state index contributed by atoms with van der Waals surface area (Å²) in [4.78, 5) is 0. The van der Waals surface area contributed by atoms with Crippen molar-refractivity contribution in [1.29, 1.82) is 0 Å². The quantitative estimate of drug-likeness (QED) is 0.579. The third kappa shape index (κ3) is 2.15. The number of hydrogen-bond donors (Lipinski definition) is 0. The Hall–Kier alpha value is -0.720. The minimum atomic E-state index is 0.851. The van der Waals surface area contributed by atoms with E-state index in [2.05, 4.69) is 30.1 Å². The molecule has 0 aromatic carbocycles. The average molecular weight is 177 g/mol. The lowest BCUT2D eigenvalue weighted by molar-refractivity contribution is 0.592. The van der Waals surface area contributed by atoms with Gasteiger partial charge in [-0.25, -0.2) is 0 Å². The lowest BCUT2D eigenvalue weighted by atomic mass is 9.94. The fraction of sp³-hybridized carbons (Fsp3) is 0.667. The lowest BCUT2D eigenvalue weighted by Gasteiger charge is -2.11. The molecule has 1 aliphatic carbocycles. The Labute approximate surface area is 80.8 Å². The first-order valence-electron chi connectivity index (χ1n) is 5.48.